The Kier molecular flexibility index (Phi) is 72.5. The van der Waals surface area contributed by atoms with Crippen molar-refractivity contribution in [1.29, 1.82) is 0 Å². The predicted octanol–water partition coefficient (Wildman–Crippen LogP) is 24.4. The second kappa shape index (κ2) is 73.9. The van der Waals surface area contributed by atoms with E-state index in [2.05, 4.69) is 34.6 Å². The zero-order chi connectivity index (χ0) is 73.4. The van der Waals surface area contributed by atoms with E-state index in [-0.39, 0.29) is 25.7 Å². The highest BCUT2D eigenvalue weighted by molar-refractivity contribution is 7.47. The van der Waals surface area contributed by atoms with Gasteiger partial charge >= 0.3 is 39.5 Å². The number of hydrogen-bond acceptors (Lipinski definition) is 15. The fourth-order valence-electron chi connectivity index (χ4n) is 12.6. The Morgan fingerprint density at radius 2 is 0.460 bits per heavy atom. The molecule has 5 atom stereocenters. The number of carbonyl (C=O) groups excluding carboxylic acids is 4. The predicted molar refractivity (Wildman–Crippen MR) is 409 cm³/mol. The van der Waals surface area contributed by atoms with Crippen LogP contribution in [0.15, 0.2) is 0 Å². The number of phosphoric ester groups is 2. The van der Waals surface area contributed by atoms with Crippen molar-refractivity contribution in [1.82, 2.24) is 0 Å². The van der Waals surface area contributed by atoms with E-state index in [1.54, 1.807) is 0 Å². The highest BCUT2D eigenvalue weighted by Crippen LogP contribution is 2.45. The van der Waals surface area contributed by atoms with Crippen molar-refractivity contribution >= 4 is 39.5 Å². The van der Waals surface area contributed by atoms with Crippen LogP contribution in [-0.2, 0) is 65.4 Å². The van der Waals surface area contributed by atoms with Crippen molar-refractivity contribution in [3.05, 3.63) is 0 Å². The molecule has 17 nitrogen and oxygen atoms in total. The molecule has 2 unspecified atom stereocenters. The fourth-order valence-corrected chi connectivity index (χ4v) is 14.2. The van der Waals surface area contributed by atoms with Crippen LogP contribution in [-0.4, -0.2) is 96.7 Å². The molecule has 0 spiro atoms. The van der Waals surface area contributed by atoms with Gasteiger partial charge in [0.25, 0.3) is 0 Å². The summed E-state index contributed by atoms with van der Waals surface area (Å²) in [5.41, 5.74) is 0. The molecule has 0 fully saturated rings. The first-order chi connectivity index (χ1) is 48.5. The molecule has 0 radical (unpaired) electrons. The summed E-state index contributed by atoms with van der Waals surface area (Å²) in [4.78, 5) is 72.9. The van der Waals surface area contributed by atoms with Crippen LogP contribution in [0, 0.1) is 5.92 Å². The number of unbranched alkanes of at least 4 members (excludes halogenated alkanes) is 53. The van der Waals surface area contributed by atoms with Gasteiger partial charge in [0.15, 0.2) is 12.2 Å². The van der Waals surface area contributed by atoms with Crippen molar-refractivity contribution in [3.63, 3.8) is 0 Å². The van der Waals surface area contributed by atoms with Gasteiger partial charge in [-0.15, -0.1) is 0 Å². The van der Waals surface area contributed by atoms with Crippen LogP contribution >= 0.6 is 15.6 Å². The minimum Gasteiger partial charge on any atom is -0.462 e. The summed E-state index contributed by atoms with van der Waals surface area (Å²) in [6.45, 7) is 7.27. The van der Waals surface area contributed by atoms with Gasteiger partial charge in [-0.05, 0) is 31.6 Å². The summed E-state index contributed by atoms with van der Waals surface area (Å²) >= 11 is 0. The molecule has 0 amide bonds. The number of hydrogen-bond donors (Lipinski definition) is 3. The Morgan fingerprint density at radius 3 is 0.680 bits per heavy atom. The van der Waals surface area contributed by atoms with Crippen LogP contribution in [0.5, 0.6) is 0 Å². The summed E-state index contributed by atoms with van der Waals surface area (Å²) in [7, 11) is -9.91. The first kappa shape index (κ1) is 98.1. The third-order valence-electron chi connectivity index (χ3n) is 19.0. The van der Waals surface area contributed by atoms with Gasteiger partial charge in [-0.3, -0.25) is 37.3 Å². The van der Waals surface area contributed by atoms with E-state index >= 15 is 0 Å². The second-order valence-electron chi connectivity index (χ2n) is 29.6. The number of phosphoric acid groups is 2. The van der Waals surface area contributed by atoms with Crippen LogP contribution in [0.3, 0.4) is 0 Å². The summed E-state index contributed by atoms with van der Waals surface area (Å²) in [6.07, 6.45) is 65.5. The van der Waals surface area contributed by atoms with Gasteiger partial charge in [-0.25, -0.2) is 9.13 Å². The van der Waals surface area contributed by atoms with Gasteiger partial charge in [-0.1, -0.05) is 381 Å². The summed E-state index contributed by atoms with van der Waals surface area (Å²) in [6, 6.07) is 0. The molecule has 100 heavy (non-hydrogen) atoms. The SMILES string of the molecule is CCCCCCCCCCCCCCCCCCCCCCC(=O)OC[C@H](COP(=O)(O)OC[C@@H](O)COP(=O)(O)OC[C@@H](COC(=O)CCCCCCCCCC)OC(=O)CCCCCCCCCCCC(C)C)OC(=O)CCCCCCCCCCCCCCCCCCCCCC. The monoisotopic (exact) mass is 1470 g/mol. The molecule has 0 aromatic heterocycles. The lowest BCUT2D eigenvalue weighted by molar-refractivity contribution is -0.161. The van der Waals surface area contributed by atoms with E-state index in [4.69, 9.17) is 37.0 Å². The summed E-state index contributed by atoms with van der Waals surface area (Å²) in [5.74, 6) is -1.38. The molecule has 0 aliphatic heterocycles. The van der Waals surface area contributed by atoms with Gasteiger partial charge < -0.3 is 33.8 Å². The average molecular weight is 1470 g/mol. The highest BCUT2D eigenvalue weighted by Gasteiger charge is 2.30. The maximum atomic E-state index is 13.1. The van der Waals surface area contributed by atoms with Crippen LogP contribution < -0.4 is 0 Å². The molecular weight excluding hydrogens is 1310 g/mol. The van der Waals surface area contributed by atoms with Gasteiger partial charge in [-0.2, -0.15) is 0 Å². The second-order valence-corrected chi connectivity index (χ2v) is 32.5. The zero-order valence-corrected chi connectivity index (χ0v) is 67.1. The molecule has 0 bridgehead atoms. The lowest BCUT2D eigenvalue weighted by Gasteiger charge is -2.21. The molecule has 3 N–H and O–H groups in total. The van der Waals surface area contributed by atoms with Crippen molar-refractivity contribution in [2.45, 2.75) is 451 Å². The number of esters is 4. The van der Waals surface area contributed by atoms with Crippen molar-refractivity contribution in [2.75, 3.05) is 39.6 Å². The third-order valence-corrected chi connectivity index (χ3v) is 20.9. The number of ether oxygens (including phenoxy) is 4. The third kappa shape index (κ3) is 74.3. The molecule has 0 aliphatic rings. The topological polar surface area (TPSA) is 237 Å². The van der Waals surface area contributed by atoms with E-state index in [0.717, 1.165) is 102 Å². The Labute approximate surface area is 613 Å². The molecule has 0 aromatic rings. The van der Waals surface area contributed by atoms with E-state index in [1.807, 2.05) is 0 Å². The van der Waals surface area contributed by atoms with Crippen molar-refractivity contribution in [3.8, 4) is 0 Å². The van der Waals surface area contributed by atoms with E-state index < -0.39 is 97.5 Å². The van der Waals surface area contributed by atoms with Gasteiger partial charge in [0, 0.05) is 25.7 Å². The normalized spacial score (nSPS) is 13.8. The Balaban J connectivity index is 5.17. The first-order valence-electron chi connectivity index (χ1n) is 42.1. The Hall–Kier alpha value is -1.94. The molecule has 0 heterocycles. The van der Waals surface area contributed by atoms with E-state index in [9.17, 15) is 43.2 Å². The van der Waals surface area contributed by atoms with Gasteiger partial charge in [0.2, 0.25) is 0 Å². The largest absolute Gasteiger partial charge is 0.472 e. The van der Waals surface area contributed by atoms with Gasteiger partial charge in [0.1, 0.15) is 19.3 Å². The maximum Gasteiger partial charge on any atom is 0.472 e. The van der Waals surface area contributed by atoms with Crippen LogP contribution in [0.2, 0.25) is 0 Å². The number of aliphatic hydroxyl groups is 1. The molecule has 19 heteroatoms. The van der Waals surface area contributed by atoms with Crippen LogP contribution in [0.1, 0.15) is 433 Å². The molecule has 594 valence electrons. The quantitative estimate of drug-likeness (QED) is 0.0222. The minimum absolute atomic E-state index is 0.106. The fraction of sp³-hybridized carbons (Fsp3) is 0.951. The molecule has 0 aromatic carbocycles. The van der Waals surface area contributed by atoms with Crippen LogP contribution in [0.25, 0.3) is 0 Å². The molecule has 0 saturated carbocycles. The number of carbonyl (C=O) groups is 4. The van der Waals surface area contributed by atoms with E-state index in [0.29, 0.717) is 25.7 Å². The molecule has 0 aliphatic carbocycles. The summed E-state index contributed by atoms with van der Waals surface area (Å²) in [5, 5.41) is 10.6. The number of aliphatic hydroxyl groups excluding tert-OH is 1. The Bertz CT molecular complexity index is 1910. The Morgan fingerprint density at radius 1 is 0.270 bits per heavy atom. The average Bonchev–Trinajstić information content (AvgIpc) is 1.01. The summed E-state index contributed by atoms with van der Waals surface area (Å²) < 4.78 is 68.6. The number of rotatable bonds is 81. The molecule has 0 saturated heterocycles. The molecule has 0 rings (SSSR count). The lowest BCUT2D eigenvalue weighted by atomic mass is 10.0. The first-order valence-corrected chi connectivity index (χ1v) is 45.1. The zero-order valence-electron chi connectivity index (χ0n) is 65.3. The molecular formula is C81H158O17P2. The lowest BCUT2D eigenvalue weighted by Crippen LogP contribution is -2.30. The minimum atomic E-state index is -4.96. The van der Waals surface area contributed by atoms with Crippen molar-refractivity contribution < 1.29 is 80.2 Å². The van der Waals surface area contributed by atoms with E-state index in [1.165, 1.54) is 250 Å². The van der Waals surface area contributed by atoms with Gasteiger partial charge in [0.05, 0.1) is 26.4 Å². The van der Waals surface area contributed by atoms with Crippen molar-refractivity contribution in [2.24, 2.45) is 5.92 Å². The standard InChI is InChI=1S/C81H158O17P2/c1-6-9-12-15-18-21-23-25-27-29-31-33-35-37-39-41-45-50-55-60-65-79(84)92-71-77(97-80(85)66-61-56-51-46-42-40-38-36-34-32-30-28-26-24-22-19-16-13-10-7-2)73-96-100(89,90)94-69-75(82)68-93-99(87,88)95-72-76(70-91-78(83)64-59-54-49-20-17-14-11-8-3)98-81(86)67-62-57-52-47-43-44-48-53-58-63-74(4)5/h74-77,82H,6-73H2,1-5H3,(H,87,88)(H,89,90)/t75-,76+,77+/m0/s1. The van der Waals surface area contributed by atoms with Crippen LogP contribution in [0.4, 0.5) is 0 Å². The highest BCUT2D eigenvalue weighted by atomic mass is 31.2. The smallest absolute Gasteiger partial charge is 0.462 e. The maximum absolute atomic E-state index is 13.1.